The van der Waals surface area contributed by atoms with Crippen LogP contribution in [0.15, 0.2) is 52.5 Å². The molecule has 1 N–H and O–H groups in total. The highest BCUT2D eigenvalue weighted by Crippen LogP contribution is 2.31. The first-order valence-corrected chi connectivity index (χ1v) is 11.5. The quantitative estimate of drug-likeness (QED) is 0.317. The highest BCUT2D eigenvalue weighted by molar-refractivity contribution is 9.10. The Labute approximate surface area is 208 Å². The van der Waals surface area contributed by atoms with E-state index in [4.69, 9.17) is 23.2 Å². The van der Waals surface area contributed by atoms with E-state index in [1.807, 2.05) is 31.4 Å². The fraction of sp³-hybridized carbons (Fsp3) is 0.125. The topological polar surface area (TPSA) is 71.4 Å². The van der Waals surface area contributed by atoms with Crippen molar-refractivity contribution in [3.8, 4) is 5.69 Å². The molecular formula is C24H18BrCl2N3O3. The van der Waals surface area contributed by atoms with Crippen molar-refractivity contribution in [3.63, 3.8) is 0 Å². The third kappa shape index (κ3) is 4.24. The zero-order valence-electron chi connectivity index (χ0n) is 17.9. The second-order valence-electron chi connectivity index (χ2n) is 7.65. The van der Waals surface area contributed by atoms with Crippen molar-refractivity contribution < 1.29 is 14.4 Å². The van der Waals surface area contributed by atoms with Crippen molar-refractivity contribution in [2.75, 3.05) is 4.90 Å². The van der Waals surface area contributed by atoms with Gasteiger partial charge >= 0.3 is 6.03 Å². The van der Waals surface area contributed by atoms with Crippen molar-refractivity contribution in [3.05, 3.63) is 85.1 Å². The summed E-state index contributed by atoms with van der Waals surface area (Å²) in [7, 11) is 0. The van der Waals surface area contributed by atoms with Crippen molar-refractivity contribution in [1.82, 2.24) is 9.88 Å². The zero-order chi connectivity index (χ0) is 24.0. The number of nitrogens with one attached hydrogen (secondary N) is 1. The number of barbiturate groups is 1. The molecule has 0 bridgehead atoms. The number of nitrogens with zero attached hydrogens (tertiary/aromatic N) is 2. The van der Waals surface area contributed by atoms with Crippen LogP contribution in [0.2, 0.25) is 10.0 Å². The molecule has 0 atom stereocenters. The van der Waals surface area contributed by atoms with E-state index in [1.165, 1.54) is 6.08 Å². The molecule has 0 spiro atoms. The van der Waals surface area contributed by atoms with Crippen LogP contribution in [0.4, 0.5) is 10.5 Å². The number of halogens is 3. The van der Waals surface area contributed by atoms with E-state index in [1.54, 1.807) is 36.4 Å². The Hall–Kier alpha value is -2.87. The molecule has 1 aliphatic rings. The van der Waals surface area contributed by atoms with Crippen LogP contribution in [0, 0.1) is 20.8 Å². The molecule has 0 saturated carbocycles. The first-order chi connectivity index (χ1) is 15.6. The minimum absolute atomic E-state index is 0.146. The SMILES string of the molecule is Cc1cc(N2C(=O)NC(=O)/C(=C\c3cc(C)n(-c4cc(Cl)ccc4Cl)c3C)C2=O)ccc1Br. The summed E-state index contributed by atoms with van der Waals surface area (Å²) in [5.41, 5.74) is 3.99. The van der Waals surface area contributed by atoms with Gasteiger partial charge in [-0.3, -0.25) is 14.9 Å². The van der Waals surface area contributed by atoms with Gasteiger partial charge < -0.3 is 4.57 Å². The number of rotatable bonds is 3. The van der Waals surface area contributed by atoms with Crippen LogP contribution in [0.25, 0.3) is 11.8 Å². The molecule has 1 aromatic heterocycles. The van der Waals surface area contributed by atoms with Gasteiger partial charge in [0.25, 0.3) is 11.8 Å². The number of urea groups is 1. The van der Waals surface area contributed by atoms with Crippen LogP contribution >= 0.6 is 39.1 Å². The maximum atomic E-state index is 13.2. The summed E-state index contributed by atoms with van der Waals surface area (Å²) in [6, 6.07) is 11.3. The summed E-state index contributed by atoms with van der Waals surface area (Å²) in [5.74, 6) is -1.45. The molecule has 9 heteroatoms. The number of carbonyl (C=O) groups is 3. The standard InChI is InChI=1S/C24H18BrCl2N3O3/c1-12-8-17(5-6-19(12)25)30-23(32)18(22(31)28-24(30)33)10-15-9-13(2)29(14(15)3)21-11-16(26)4-7-20(21)27/h4-11H,1-3H3,(H,28,31,33)/b18-10+. The molecule has 4 rings (SSSR count). The third-order valence-corrected chi connectivity index (χ3v) is 6.87. The molecule has 1 aliphatic heterocycles. The fourth-order valence-electron chi connectivity index (χ4n) is 3.78. The first kappa shape index (κ1) is 23.3. The van der Waals surface area contributed by atoms with Crippen LogP contribution in [-0.4, -0.2) is 22.4 Å². The number of anilines is 1. The van der Waals surface area contributed by atoms with Gasteiger partial charge in [-0.1, -0.05) is 39.1 Å². The lowest BCUT2D eigenvalue weighted by atomic mass is 10.1. The average molecular weight is 547 g/mol. The molecule has 4 amide bonds. The minimum Gasteiger partial charge on any atom is -0.316 e. The van der Waals surface area contributed by atoms with Gasteiger partial charge in [0.15, 0.2) is 0 Å². The van der Waals surface area contributed by atoms with E-state index >= 15 is 0 Å². The van der Waals surface area contributed by atoms with Gasteiger partial charge in [0, 0.05) is 20.9 Å². The summed E-state index contributed by atoms with van der Waals surface area (Å²) in [4.78, 5) is 39.3. The average Bonchev–Trinajstić information content (AvgIpc) is 3.02. The number of hydrogen-bond donors (Lipinski definition) is 1. The normalized spacial score (nSPS) is 15.4. The lowest BCUT2D eigenvalue weighted by Crippen LogP contribution is -2.54. The molecule has 0 unspecified atom stereocenters. The van der Waals surface area contributed by atoms with Gasteiger partial charge in [-0.2, -0.15) is 0 Å². The maximum absolute atomic E-state index is 13.2. The summed E-state index contributed by atoms with van der Waals surface area (Å²) >= 11 is 16.0. The molecule has 0 radical (unpaired) electrons. The molecule has 6 nitrogen and oxygen atoms in total. The monoisotopic (exact) mass is 545 g/mol. The predicted molar refractivity (Wildman–Crippen MR) is 133 cm³/mol. The summed E-state index contributed by atoms with van der Waals surface area (Å²) < 4.78 is 2.74. The van der Waals surface area contributed by atoms with Gasteiger partial charge in [-0.15, -0.1) is 0 Å². The second kappa shape index (κ2) is 8.82. The minimum atomic E-state index is -0.792. The Morgan fingerprint density at radius 3 is 2.39 bits per heavy atom. The lowest BCUT2D eigenvalue weighted by Gasteiger charge is -2.26. The smallest absolute Gasteiger partial charge is 0.316 e. The van der Waals surface area contributed by atoms with Crippen molar-refractivity contribution in [2.45, 2.75) is 20.8 Å². The molecule has 1 saturated heterocycles. The van der Waals surface area contributed by atoms with Crippen molar-refractivity contribution in [1.29, 1.82) is 0 Å². The Kier molecular flexibility index (Phi) is 6.22. The molecule has 2 heterocycles. The number of imide groups is 2. The van der Waals surface area contributed by atoms with Crippen LogP contribution in [0.1, 0.15) is 22.5 Å². The molecule has 168 valence electrons. The molecule has 33 heavy (non-hydrogen) atoms. The molecule has 2 aromatic carbocycles. The van der Waals surface area contributed by atoms with E-state index in [9.17, 15) is 14.4 Å². The van der Waals surface area contributed by atoms with E-state index in [2.05, 4.69) is 21.2 Å². The van der Waals surface area contributed by atoms with Crippen LogP contribution in [0.3, 0.4) is 0 Å². The van der Waals surface area contributed by atoms with E-state index in [0.29, 0.717) is 27.0 Å². The number of aromatic nitrogens is 1. The zero-order valence-corrected chi connectivity index (χ0v) is 21.0. The second-order valence-corrected chi connectivity index (χ2v) is 9.35. The van der Waals surface area contributed by atoms with E-state index < -0.39 is 17.8 Å². The van der Waals surface area contributed by atoms with E-state index in [0.717, 1.165) is 26.3 Å². The number of benzene rings is 2. The van der Waals surface area contributed by atoms with Gasteiger partial charge in [0.05, 0.1) is 16.4 Å². The van der Waals surface area contributed by atoms with Gasteiger partial charge in [0.1, 0.15) is 5.57 Å². The number of amides is 4. The van der Waals surface area contributed by atoms with Crippen LogP contribution in [0.5, 0.6) is 0 Å². The molecule has 3 aromatic rings. The number of carbonyl (C=O) groups excluding carboxylic acids is 3. The lowest BCUT2D eigenvalue weighted by molar-refractivity contribution is -0.122. The van der Waals surface area contributed by atoms with Crippen molar-refractivity contribution >= 4 is 68.7 Å². The van der Waals surface area contributed by atoms with Gasteiger partial charge in [0.2, 0.25) is 0 Å². The number of aryl methyl sites for hydroxylation is 2. The summed E-state index contributed by atoms with van der Waals surface area (Å²) in [5, 5.41) is 3.29. The van der Waals surface area contributed by atoms with Crippen molar-refractivity contribution in [2.24, 2.45) is 0 Å². The maximum Gasteiger partial charge on any atom is 0.335 e. The van der Waals surface area contributed by atoms with E-state index in [-0.39, 0.29) is 5.57 Å². The first-order valence-electron chi connectivity index (χ1n) is 9.90. The van der Waals surface area contributed by atoms with Gasteiger partial charge in [-0.05, 0) is 80.4 Å². The highest BCUT2D eigenvalue weighted by atomic mass is 79.9. The van der Waals surface area contributed by atoms with Crippen LogP contribution in [-0.2, 0) is 9.59 Å². The molecule has 1 fully saturated rings. The fourth-order valence-corrected chi connectivity index (χ4v) is 4.39. The Morgan fingerprint density at radius 2 is 1.70 bits per heavy atom. The molecule has 0 aliphatic carbocycles. The van der Waals surface area contributed by atoms with Gasteiger partial charge in [-0.25, -0.2) is 9.69 Å². The summed E-state index contributed by atoms with van der Waals surface area (Å²) in [6.45, 7) is 5.58. The highest BCUT2D eigenvalue weighted by Gasteiger charge is 2.37. The van der Waals surface area contributed by atoms with Crippen LogP contribution < -0.4 is 10.2 Å². The molecular weight excluding hydrogens is 529 g/mol. The Morgan fingerprint density at radius 1 is 0.970 bits per heavy atom. The Balaban J connectivity index is 1.79. The summed E-state index contributed by atoms with van der Waals surface area (Å²) in [6.07, 6.45) is 1.49. The third-order valence-electron chi connectivity index (χ3n) is 5.42. The number of hydrogen-bond acceptors (Lipinski definition) is 3. The largest absolute Gasteiger partial charge is 0.335 e. The predicted octanol–water partition coefficient (Wildman–Crippen LogP) is 6.14. The Bertz CT molecular complexity index is 1380.